The second kappa shape index (κ2) is 11.8. The van der Waals surface area contributed by atoms with E-state index in [1.165, 1.54) is 0 Å². The summed E-state index contributed by atoms with van der Waals surface area (Å²) in [6.07, 6.45) is 5.32. The number of carbonyl (C=O) groups excluding carboxylic acids is 2. The number of hydrogen-bond acceptors (Lipinski definition) is 5. The maximum Gasteiger partial charge on any atom is 0.354 e. The number of fused-ring (bicyclic) bond motifs is 3. The van der Waals surface area contributed by atoms with E-state index in [1.807, 2.05) is 75.4 Å². The third kappa shape index (κ3) is 5.49. The van der Waals surface area contributed by atoms with Gasteiger partial charge in [0.2, 0.25) is 0 Å². The normalized spacial score (nSPS) is 14.6. The van der Waals surface area contributed by atoms with Gasteiger partial charge in [-0.2, -0.15) is 0 Å². The Bertz CT molecular complexity index is 1650. The molecule has 2 heterocycles. The first kappa shape index (κ1) is 28.5. The molecule has 1 saturated heterocycles. The number of aryl methyl sites for hydroxylation is 2. The third-order valence-electron chi connectivity index (χ3n) is 8.39. The van der Waals surface area contributed by atoms with Crippen molar-refractivity contribution in [2.45, 2.75) is 65.5 Å². The third-order valence-corrected chi connectivity index (χ3v) is 8.39. The van der Waals surface area contributed by atoms with Crippen LogP contribution < -0.4 is 0 Å². The molecule has 0 spiro atoms. The number of hydrogen-bond donors (Lipinski definition) is 0. The van der Waals surface area contributed by atoms with Gasteiger partial charge in [-0.25, -0.2) is 4.79 Å². The molecule has 41 heavy (non-hydrogen) atoms. The molecule has 0 saturated carbocycles. The van der Waals surface area contributed by atoms with Crippen molar-refractivity contribution in [1.82, 2.24) is 9.47 Å². The first-order valence-corrected chi connectivity index (χ1v) is 14.6. The lowest BCUT2D eigenvalue weighted by Gasteiger charge is -2.31. The van der Waals surface area contributed by atoms with Crippen LogP contribution in [0.5, 0.6) is 0 Å². The second-order valence-electron chi connectivity index (χ2n) is 11.3. The van der Waals surface area contributed by atoms with E-state index in [-0.39, 0.29) is 11.8 Å². The fourth-order valence-corrected chi connectivity index (χ4v) is 5.84. The summed E-state index contributed by atoms with van der Waals surface area (Å²) in [5, 5.41) is 6.46. The maximum absolute atomic E-state index is 13.5. The van der Waals surface area contributed by atoms with Gasteiger partial charge in [0.1, 0.15) is 5.54 Å². The lowest BCUT2D eigenvalue weighted by molar-refractivity contribution is -0.155. The van der Waals surface area contributed by atoms with Crippen LogP contribution in [-0.4, -0.2) is 45.6 Å². The highest BCUT2D eigenvalue weighted by atomic mass is 16.7. The van der Waals surface area contributed by atoms with E-state index in [4.69, 9.17) is 4.84 Å². The zero-order valence-electron chi connectivity index (χ0n) is 24.6. The molecule has 6 heteroatoms. The van der Waals surface area contributed by atoms with Crippen LogP contribution in [0.1, 0.15) is 73.5 Å². The Labute approximate surface area is 242 Å². The Hall–Kier alpha value is -4.03. The molecule has 4 aromatic rings. The standard InChI is InChI=1S/C35H39N3O3/c1-6-8-15-30(36-41-34(40)35(4,5)37-20-11-12-21-37)25-16-18-31-28(22-25)29-23-26(17-19-32(29)38(31)7-2)33(39)27-14-10-9-13-24(27)3/h6,9-10,13-14,16-19,22-23H,1,7-8,11-12,15,20-21H2,2-5H3/b36-30+. The van der Waals surface area contributed by atoms with Crippen LogP contribution in [0.25, 0.3) is 21.8 Å². The Morgan fingerprint density at radius 3 is 2.24 bits per heavy atom. The molecule has 212 valence electrons. The van der Waals surface area contributed by atoms with E-state index in [0.29, 0.717) is 29.7 Å². The number of rotatable bonds is 10. The number of oxime groups is 1. The largest absolute Gasteiger partial charge is 0.354 e. The first-order chi connectivity index (χ1) is 19.8. The van der Waals surface area contributed by atoms with Gasteiger partial charge in [-0.15, -0.1) is 6.58 Å². The van der Waals surface area contributed by atoms with E-state index in [1.54, 1.807) is 0 Å². The molecule has 1 fully saturated rings. The summed E-state index contributed by atoms with van der Waals surface area (Å²) in [5.74, 6) is -0.335. The lowest BCUT2D eigenvalue weighted by Crippen LogP contribution is -2.49. The molecule has 6 nitrogen and oxygen atoms in total. The summed E-state index contributed by atoms with van der Waals surface area (Å²) in [6, 6.07) is 19.9. The maximum atomic E-state index is 13.5. The SMILES string of the molecule is C=CCC/C(=N\OC(=O)C(C)(C)N1CCCC1)c1ccc2c(c1)c1cc(C(=O)c3ccccc3C)ccc1n2CC. The molecule has 0 amide bonds. The van der Waals surface area contributed by atoms with Crippen LogP contribution in [0.2, 0.25) is 0 Å². The number of likely N-dealkylation sites (tertiary alicyclic amines) is 1. The van der Waals surface area contributed by atoms with Gasteiger partial charge >= 0.3 is 5.97 Å². The molecule has 3 aromatic carbocycles. The number of aromatic nitrogens is 1. The van der Waals surface area contributed by atoms with Crippen molar-refractivity contribution in [2.75, 3.05) is 13.1 Å². The van der Waals surface area contributed by atoms with E-state index in [2.05, 4.69) is 40.3 Å². The number of carbonyl (C=O) groups is 2. The highest BCUT2D eigenvalue weighted by Crippen LogP contribution is 2.32. The van der Waals surface area contributed by atoms with Crippen LogP contribution in [0, 0.1) is 6.92 Å². The summed E-state index contributed by atoms with van der Waals surface area (Å²) in [6.45, 7) is 14.3. The fraction of sp³-hybridized carbons (Fsp3) is 0.343. The van der Waals surface area contributed by atoms with E-state index in [9.17, 15) is 9.59 Å². The minimum Gasteiger partial charge on any atom is -0.341 e. The van der Waals surface area contributed by atoms with Gasteiger partial charge in [0.05, 0.1) is 5.71 Å². The van der Waals surface area contributed by atoms with Gasteiger partial charge in [-0.05, 0) is 102 Å². The van der Waals surface area contributed by atoms with Gasteiger partial charge < -0.3 is 9.40 Å². The molecule has 0 bridgehead atoms. The van der Waals surface area contributed by atoms with Crippen molar-refractivity contribution in [3.05, 3.63) is 95.6 Å². The average molecular weight is 550 g/mol. The first-order valence-electron chi connectivity index (χ1n) is 14.6. The molecular formula is C35H39N3O3. The van der Waals surface area contributed by atoms with Crippen molar-refractivity contribution in [2.24, 2.45) is 5.16 Å². The summed E-state index contributed by atoms with van der Waals surface area (Å²) in [7, 11) is 0. The summed E-state index contributed by atoms with van der Waals surface area (Å²) >= 11 is 0. The molecule has 5 rings (SSSR count). The van der Waals surface area contributed by atoms with Gasteiger partial charge in [0, 0.05) is 45.0 Å². The average Bonchev–Trinajstić information content (AvgIpc) is 3.63. The van der Waals surface area contributed by atoms with Crippen LogP contribution in [0.3, 0.4) is 0 Å². The Morgan fingerprint density at radius 1 is 0.976 bits per heavy atom. The van der Waals surface area contributed by atoms with E-state index in [0.717, 1.165) is 65.4 Å². The molecule has 0 radical (unpaired) electrons. The number of benzene rings is 3. The molecule has 0 aliphatic carbocycles. The van der Waals surface area contributed by atoms with Crippen molar-refractivity contribution < 1.29 is 14.4 Å². The van der Waals surface area contributed by atoms with Crippen molar-refractivity contribution in [3.8, 4) is 0 Å². The molecule has 1 aliphatic rings. The molecular weight excluding hydrogens is 510 g/mol. The summed E-state index contributed by atoms with van der Waals surface area (Å²) < 4.78 is 2.26. The lowest BCUT2D eigenvalue weighted by atomic mass is 9.97. The Kier molecular flexibility index (Phi) is 8.22. The zero-order chi connectivity index (χ0) is 29.1. The van der Waals surface area contributed by atoms with Crippen LogP contribution in [-0.2, 0) is 16.2 Å². The second-order valence-corrected chi connectivity index (χ2v) is 11.3. The van der Waals surface area contributed by atoms with Crippen molar-refractivity contribution in [3.63, 3.8) is 0 Å². The van der Waals surface area contributed by atoms with Crippen LogP contribution in [0.4, 0.5) is 0 Å². The predicted molar refractivity (Wildman–Crippen MR) is 167 cm³/mol. The number of nitrogens with zero attached hydrogens (tertiary/aromatic N) is 3. The Morgan fingerprint density at radius 2 is 1.61 bits per heavy atom. The molecule has 1 aliphatic heterocycles. The minimum absolute atomic E-state index is 0.0133. The quantitative estimate of drug-likeness (QED) is 0.0678. The summed E-state index contributed by atoms with van der Waals surface area (Å²) in [5.41, 5.74) is 5.34. The minimum atomic E-state index is -0.734. The van der Waals surface area contributed by atoms with Crippen LogP contribution >= 0.6 is 0 Å². The molecule has 0 N–H and O–H groups in total. The molecule has 0 unspecified atom stereocenters. The van der Waals surface area contributed by atoms with E-state index < -0.39 is 5.54 Å². The van der Waals surface area contributed by atoms with Gasteiger partial charge in [0.25, 0.3) is 0 Å². The van der Waals surface area contributed by atoms with Crippen molar-refractivity contribution in [1.29, 1.82) is 0 Å². The van der Waals surface area contributed by atoms with E-state index >= 15 is 0 Å². The fourth-order valence-electron chi connectivity index (χ4n) is 5.84. The van der Waals surface area contributed by atoms with Gasteiger partial charge in [0.15, 0.2) is 5.78 Å². The highest BCUT2D eigenvalue weighted by molar-refractivity contribution is 6.16. The predicted octanol–water partition coefficient (Wildman–Crippen LogP) is 7.44. The Balaban J connectivity index is 1.55. The highest BCUT2D eigenvalue weighted by Gasteiger charge is 2.38. The van der Waals surface area contributed by atoms with Gasteiger partial charge in [-0.1, -0.05) is 41.6 Å². The van der Waals surface area contributed by atoms with Crippen LogP contribution in [0.15, 0.2) is 78.5 Å². The zero-order valence-corrected chi connectivity index (χ0v) is 24.6. The number of ketones is 1. The molecule has 0 atom stereocenters. The van der Waals surface area contributed by atoms with Crippen molar-refractivity contribution >= 4 is 39.3 Å². The topological polar surface area (TPSA) is 63.9 Å². The number of allylic oxidation sites excluding steroid dienone is 1. The monoisotopic (exact) mass is 549 g/mol. The molecule has 1 aromatic heterocycles. The smallest absolute Gasteiger partial charge is 0.341 e. The summed E-state index contributed by atoms with van der Waals surface area (Å²) in [4.78, 5) is 34.3. The van der Waals surface area contributed by atoms with Gasteiger partial charge in [-0.3, -0.25) is 9.69 Å².